The number of hydrogen-bond donors (Lipinski definition) is 0. The Bertz CT molecular complexity index is 2290. The van der Waals surface area contributed by atoms with Crippen LogP contribution >= 0.6 is 0 Å². The second kappa shape index (κ2) is 15.9. The number of benzene rings is 6. The first-order chi connectivity index (χ1) is 28.2. The van der Waals surface area contributed by atoms with Crippen molar-refractivity contribution in [2.45, 2.75) is 102 Å². The summed E-state index contributed by atoms with van der Waals surface area (Å²) in [6.07, 6.45) is -13.4. The van der Waals surface area contributed by atoms with Gasteiger partial charge in [-0.1, -0.05) is 86.2 Å². The van der Waals surface area contributed by atoms with E-state index in [9.17, 15) is 39.5 Å². The van der Waals surface area contributed by atoms with Gasteiger partial charge in [0.2, 0.25) is 6.71 Å². The number of hydrogen-bond acceptors (Lipinski definition) is 0. The van der Waals surface area contributed by atoms with Crippen LogP contribution in [0.1, 0.15) is 83.5 Å². The van der Waals surface area contributed by atoms with Crippen LogP contribution in [0.4, 0.5) is 39.5 Å². The van der Waals surface area contributed by atoms with Crippen molar-refractivity contribution in [2.75, 3.05) is 0 Å². The van der Waals surface area contributed by atoms with Gasteiger partial charge in [-0.2, -0.15) is 39.5 Å². The van der Waals surface area contributed by atoms with Gasteiger partial charge in [0.15, 0.2) is 0 Å². The molecule has 0 atom stereocenters. The third-order valence-corrected chi connectivity index (χ3v) is 13.4. The number of rotatable bonds is 6. The van der Waals surface area contributed by atoms with E-state index in [0.29, 0.717) is 16.7 Å². The fourth-order valence-electron chi connectivity index (χ4n) is 9.53. The summed E-state index contributed by atoms with van der Waals surface area (Å²) in [5, 5.41) is 0. The predicted octanol–water partition coefficient (Wildman–Crippen LogP) is 14.0. The van der Waals surface area contributed by atoms with Crippen LogP contribution in [0.15, 0.2) is 72.8 Å². The summed E-state index contributed by atoms with van der Waals surface area (Å²) in [6, 6.07) is 15.7. The van der Waals surface area contributed by atoms with E-state index < -0.39 is 41.9 Å². The molecule has 0 bridgehead atoms. The molecular weight excluding hydrogens is 794 g/mol. The lowest BCUT2D eigenvalue weighted by molar-refractivity contribution is -0.138. The highest BCUT2D eigenvalue weighted by atomic mass is 19.4. The van der Waals surface area contributed by atoms with E-state index >= 15 is 0 Å². The Labute approximate surface area is 353 Å². The SMILES string of the molecule is Cc1c(C)c(-c2ccc(C(F)(F)F)cc2)c(C)c(C)c1B(c1c(C)c(C)c(-c2ccc(C(F)(F)F)cc2)c(C)c1C)c1c(C)c(C)c(-c2ccc(C(F)(F)F)cc2)c(C)c1C. The van der Waals surface area contributed by atoms with Gasteiger partial charge in [-0.05, 0) is 186 Å². The topological polar surface area (TPSA) is 0 Å². The molecule has 6 aromatic carbocycles. The molecule has 0 saturated carbocycles. The summed E-state index contributed by atoms with van der Waals surface area (Å²) in [7, 11) is 0. The van der Waals surface area contributed by atoms with Crippen LogP contribution in [0, 0.1) is 83.1 Å². The molecule has 61 heavy (non-hydrogen) atoms. The quantitative estimate of drug-likeness (QED) is 0.116. The third kappa shape index (κ3) is 7.92. The van der Waals surface area contributed by atoms with E-state index in [2.05, 4.69) is 0 Å². The van der Waals surface area contributed by atoms with Gasteiger partial charge >= 0.3 is 18.5 Å². The molecule has 318 valence electrons. The highest BCUT2D eigenvalue weighted by Gasteiger charge is 2.37. The first-order valence-corrected chi connectivity index (χ1v) is 20.0. The molecule has 0 aliphatic rings. The summed E-state index contributed by atoms with van der Waals surface area (Å²) in [6.45, 7) is 23.8. The van der Waals surface area contributed by atoms with E-state index in [0.717, 1.165) is 136 Å². The molecule has 6 rings (SSSR count). The van der Waals surface area contributed by atoms with Crippen molar-refractivity contribution in [3.8, 4) is 33.4 Å². The standard InChI is InChI=1S/C51H48BF9/c1-25-31(7)46(32(8)26(2)43(25)37-13-19-40(20-14-37)49(53,54)55)52(47-33(9)27(3)44(28(4)34(47)10)38-15-21-41(22-16-38)50(56,57)58)48-35(11)29(5)45(30(6)36(48)12)39-17-23-42(24-18-39)51(59,60)61/h13-24H,1-12H3. The fourth-order valence-corrected chi connectivity index (χ4v) is 9.53. The zero-order valence-electron chi connectivity index (χ0n) is 36.4. The van der Waals surface area contributed by atoms with E-state index in [1.54, 1.807) is 0 Å². The van der Waals surface area contributed by atoms with Crippen molar-refractivity contribution in [2.24, 2.45) is 0 Å². The molecular formula is C51H48BF9. The van der Waals surface area contributed by atoms with Crippen LogP contribution < -0.4 is 16.4 Å². The Balaban J connectivity index is 1.69. The average molecular weight is 843 g/mol. The molecule has 0 spiro atoms. The largest absolute Gasteiger partial charge is 0.416 e. The maximum atomic E-state index is 13.6. The Morgan fingerprint density at radius 3 is 0.574 bits per heavy atom. The van der Waals surface area contributed by atoms with Crippen molar-refractivity contribution in [3.05, 3.63) is 156 Å². The second-order valence-corrected chi connectivity index (χ2v) is 16.5. The van der Waals surface area contributed by atoms with Gasteiger partial charge in [-0.25, -0.2) is 0 Å². The van der Waals surface area contributed by atoms with E-state index in [-0.39, 0.29) is 0 Å². The summed E-state index contributed by atoms with van der Waals surface area (Å²) in [4.78, 5) is 0. The lowest BCUT2D eigenvalue weighted by Gasteiger charge is -2.33. The maximum Gasteiger partial charge on any atom is 0.416 e. The Kier molecular flexibility index (Phi) is 11.8. The Hall–Kier alpha value is -5.25. The summed E-state index contributed by atoms with van der Waals surface area (Å²) < 4.78 is 122. The molecule has 0 unspecified atom stereocenters. The van der Waals surface area contributed by atoms with E-state index in [1.807, 2.05) is 83.1 Å². The zero-order chi connectivity index (χ0) is 45.4. The molecule has 0 radical (unpaired) electrons. The normalized spacial score (nSPS) is 12.3. The van der Waals surface area contributed by atoms with Crippen LogP contribution in [0.5, 0.6) is 0 Å². The highest BCUT2D eigenvalue weighted by Crippen LogP contribution is 2.39. The number of alkyl halides is 9. The van der Waals surface area contributed by atoms with Crippen LogP contribution in [-0.2, 0) is 18.5 Å². The van der Waals surface area contributed by atoms with Crippen molar-refractivity contribution in [1.82, 2.24) is 0 Å². The van der Waals surface area contributed by atoms with Gasteiger partial charge in [0.05, 0.1) is 16.7 Å². The molecule has 0 aliphatic heterocycles. The lowest BCUT2D eigenvalue weighted by atomic mass is 9.32. The first-order valence-electron chi connectivity index (χ1n) is 20.0. The molecule has 10 heteroatoms. The maximum absolute atomic E-state index is 13.6. The van der Waals surface area contributed by atoms with Crippen molar-refractivity contribution in [3.63, 3.8) is 0 Å². The molecule has 0 aromatic heterocycles. The van der Waals surface area contributed by atoms with E-state index in [4.69, 9.17) is 0 Å². The summed E-state index contributed by atoms with van der Waals surface area (Å²) in [5.74, 6) is 0. The first kappa shape index (κ1) is 45.3. The zero-order valence-corrected chi connectivity index (χ0v) is 36.4. The molecule has 0 amide bonds. The van der Waals surface area contributed by atoms with Crippen LogP contribution in [0.2, 0.25) is 0 Å². The molecule has 6 aromatic rings. The summed E-state index contributed by atoms with van der Waals surface area (Å²) in [5.41, 5.74) is 16.7. The fraction of sp³-hybridized carbons (Fsp3) is 0.294. The molecule has 0 saturated heterocycles. The minimum atomic E-state index is -4.48. The second-order valence-electron chi connectivity index (χ2n) is 16.5. The minimum absolute atomic E-state index is 0.392. The Morgan fingerprint density at radius 2 is 0.426 bits per heavy atom. The highest BCUT2D eigenvalue weighted by molar-refractivity contribution is 6.97. The van der Waals surface area contributed by atoms with Gasteiger partial charge in [0.1, 0.15) is 0 Å². The third-order valence-electron chi connectivity index (χ3n) is 13.4. The number of halogens is 9. The molecule has 0 aliphatic carbocycles. The molecule has 0 N–H and O–H groups in total. The smallest absolute Gasteiger partial charge is 0.166 e. The van der Waals surface area contributed by atoms with Crippen LogP contribution in [-0.4, -0.2) is 6.71 Å². The molecule has 0 fully saturated rings. The van der Waals surface area contributed by atoms with Gasteiger partial charge in [0, 0.05) is 0 Å². The van der Waals surface area contributed by atoms with Crippen molar-refractivity contribution >= 4 is 23.1 Å². The van der Waals surface area contributed by atoms with E-state index in [1.165, 1.54) is 36.4 Å². The summed E-state index contributed by atoms with van der Waals surface area (Å²) >= 11 is 0. The van der Waals surface area contributed by atoms with Crippen LogP contribution in [0.3, 0.4) is 0 Å². The average Bonchev–Trinajstić information content (AvgIpc) is 3.18. The molecule has 0 nitrogen and oxygen atoms in total. The van der Waals surface area contributed by atoms with Gasteiger partial charge in [-0.15, -0.1) is 0 Å². The van der Waals surface area contributed by atoms with Crippen LogP contribution in [0.25, 0.3) is 33.4 Å². The lowest BCUT2D eigenvalue weighted by Crippen LogP contribution is -2.58. The van der Waals surface area contributed by atoms with Gasteiger partial charge in [0.25, 0.3) is 0 Å². The predicted molar refractivity (Wildman–Crippen MR) is 232 cm³/mol. The van der Waals surface area contributed by atoms with Gasteiger partial charge < -0.3 is 0 Å². The minimum Gasteiger partial charge on any atom is -0.166 e. The van der Waals surface area contributed by atoms with Gasteiger partial charge in [-0.3, -0.25) is 0 Å². The monoisotopic (exact) mass is 842 g/mol. The molecule has 0 heterocycles. The van der Waals surface area contributed by atoms with Crippen molar-refractivity contribution in [1.29, 1.82) is 0 Å². The Morgan fingerprint density at radius 1 is 0.262 bits per heavy atom. The van der Waals surface area contributed by atoms with Crippen molar-refractivity contribution < 1.29 is 39.5 Å².